The number of hydrogen-bond donors (Lipinski definition) is 3. The Morgan fingerprint density at radius 3 is 2.40 bits per heavy atom. The van der Waals surface area contributed by atoms with Crippen LogP contribution in [-0.4, -0.2) is 9.97 Å². The number of nitrogens with two attached hydrogens (primary N) is 1. The lowest BCUT2D eigenvalue weighted by molar-refractivity contribution is 0.741. The number of aryl methyl sites for hydroxylation is 1. The summed E-state index contributed by atoms with van der Waals surface area (Å²) in [6.45, 7) is 4.17. The van der Waals surface area contributed by atoms with E-state index in [9.17, 15) is 0 Å². The van der Waals surface area contributed by atoms with Gasteiger partial charge in [0.1, 0.15) is 17.5 Å². The van der Waals surface area contributed by atoms with Gasteiger partial charge < -0.3 is 10.7 Å². The first kappa shape index (κ1) is 14.3. The highest BCUT2D eigenvalue weighted by molar-refractivity contribution is 5.48. The molecule has 0 amide bonds. The highest BCUT2D eigenvalue weighted by Crippen LogP contribution is 2.22. The van der Waals surface area contributed by atoms with Crippen LogP contribution in [0.2, 0.25) is 0 Å². The second-order valence-electron chi connectivity index (χ2n) is 4.57. The van der Waals surface area contributed by atoms with Crippen LogP contribution in [0.15, 0.2) is 36.4 Å². The van der Waals surface area contributed by atoms with Gasteiger partial charge in [-0.05, 0) is 12.0 Å². The van der Waals surface area contributed by atoms with Gasteiger partial charge in [0.05, 0.1) is 6.04 Å². The minimum Gasteiger partial charge on any atom is -0.363 e. The third-order valence-corrected chi connectivity index (χ3v) is 3.17. The van der Waals surface area contributed by atoms with Crippen LogP contribution >= 0.6 is 0 Å². The SMILES string of the molecule is CCc1nc(NN)cc(NC(CC)c2ccccc2)n1. The van der Waals surface area contributed by atoms with Gasteiger partial charge in [0.15, 0.2) is 0 Å². The molecule has 106 valence electrons. The first-order valence-electron chi connectivity index (χ1n) is 6.92. The Morgan fingerprint density at radius 1 is 1.10 bits per heavy atom. The van der Waals surface area contributed by atoms with Gasteiger partial charge in [-0.1, -0.05) is 44.2 Å². The van der Waals surface area contributed by atoms with Gasteiger partial charge in [-0.15, -0.1) is 0 Å². The van der Waals surface area contributed by atoms with Crippen LogP contribution in [0, 0.1) is 0 Å². The summed E-state index contributed by atoms with van der Waals surface area (Å²) in [5, 5.41) is 3.45. The maximum absolute atomic E-state index is 5.45. The Labute approximate surface area is 119 Å². The molecule has 0 bridgehead atoms. The molecule has 2 aromatic rings. The molecular formula is C15H21N5. The van der Waals surface area contributed by atoms with Crippen LogP contribution in [0.4, 0.5) is 11.6 Å². The van der Waals surface area contributed by atoms with Crippen LogP contribution in [-0.2, 0) is 6.42 Å². The molecule has 0 aliphatic carbocycles. The lowest BCUT2D eigenvalue weighted by Crippen LogP contribution is -2.14. The molecule has 4 N–H and O–H groups in total. The summed E-state index contributed by atoms with van der Waals surface area (Å²) in [5.41, 5.74) is 3.83. The maximum Gasteiger partial charge on any atom is 0.145 e. The summed E-state index contributed by atoms with van der Waals surface area (Å²) in [6.07, 6.45) is 1.74. The number of anilines is 2. The molecule has 0 spiro atoms. The van der Waals surface area contributed by atoms with Crippen LogP contribution in [0.5, 0.6) is 0 Å². The zero-order valence-electron chi connectivity index (χ0n) is 11.9. The van der Waals surface area contributed by atoms with E-state index in [4.69, 9.17) is 5.84 Å². The Kier molecular flexibility index (Phi) is 4.90. The van der Waals surface area contributed by atoms with Gasteiger partial charge in [-0.2, -0.15) is 0 Å². The van der Waals surface area contributed by atoms with Gasteiger partial charge in [-0.25, -0.2) is 15.8 Å². The quantitative estimate of drug-likeness (QED) is 0.556. The average Bonchev–Trinajstić information content (AvgIpc) is 2.53. The van der Waals surface area contributed by atoms with Crippen molar-refractivity contribution in [2.45, 2.75) is 32.7 Å². The molecular weight excluding hydrogens is 250 g/mol. The highest BCUT2D eigenvalue weighted by atomic mass is 15.3. The van der Waals surface area contributed by atoms with Crippen molar-refractivity contribution in [3.8, 4) is 0 Å². The van der Waals surface area contributed by atoms with E-state index in [0.29, 0.717) is 5.82 Å². The number of hydrazine groups is 1. The number of nitrogen functional groups attached to an aromatic ring is 1. The fourth-order valence-corrected chi connectivity index (χ4v) is 2.09. The van der Waals surface area contributed by atoms with E-state index in [1.165, 1.54) is 5.56 Å². The summed E-state index contributed by atoms with van der Waals surface area (Å²) in [7, 11) is 0. The molecule has 1 aromatic carbocycles. The summed E-state index contributed by atoms with van der Waals surface area (Å²) < 4.78 is 0. The monoisotopic (exact) mass is 271 g/mol. The number of rotatable bonds is 6. The molecule has 5 nitrogen and oxygen atoms in total. The molecule has 2 rings (SSSR count). The fraction of sp³-hybridized carbons (Fsp3) is 0.333. The number of benzene rings is 1. The smallest absolute Gasteiger partial charge is 0.145 e. The molecule has 1 atom stereocenters. The summed E-state index contributed by atoms with van der Waals surface area (Å²) >= 11 is 0. The molecule has 0 saturated carbocycles. The van der Waals surface area contributed by atoms with Gasteiger partial charge in [0.25, 0.3) is 0 Å². The van der Waals surface area contributed by atoms with Gasteiger partial charge in [0, 0.05) is 12.5 Å². The normalized spacial score (nSPS) is 11.9. The molecule has 0 aliphatic heterocycles. The molecule has 1 unspecified atom stereocenters. The Bertz CT molecular complexity index is 519. The van der Waals surface area contributed by atoms with E-state index in [-0.39, 0.29) is 6.04 Å². The van der Waals surface area contributed by atoms with E-state index < -0.39 is 0 Å². The second kappa shape index (κ2) is 6.86. The van der Waals surface area contributed by atoms with Crippen molar-refractivity contribution in [1.82, 2.24) is 9.97 Å². The molecule has 0 radical (unpaired) electrons. The minimum absolute atomic E-state index is 0.224. The van der Waals surface area contributed by atoms with Crippen molar-refractivity contribution in [1.29, 1.82) is 0 Å². The molecule has 0 aliphatic rings. The van der Waals surface area contributed by atoms with Gasteiger partial charge in [-0.3, -0.25) is 0 Å². The first-order valence-corrected chi connectivity index (χ1v) is 6.92. The molecule has 0 fully saturated rings. The van der Waals surface area contributed by atoms with Crippen LogP contribution in [0.1, 0.15) is 37.7 Å². The third-order valence-electron chi connectivity index (χ3n) is 3.17. The van der Waals surface area contributed by atoms with Crippen molar-refractivity contribution in [3.05, 3.63) is 47.8 Å². The van der Waals surface area contributed by atoms with Crippen molar-refractivity contribution in [3.63, 3.8) is 0 Å². The van der Waals surface area contributed by atoms with Crippen molar-refractivity contribution < 1.29 is 0 Å². The summed E-state index contributed by atoms with van der Waals surface area (Å²) in [5.74, 6) is 7.64. The van der Waals surface area contributed by atoms with Crippen molar-refractivity contribution in [2.24, 2.45) is 5.84 Å². The zero-order valence-corrected chi connectivity index (χ0v) is 11.9. The van der Waals surface area contributed by atoms with E-state index in [1.54, 1.807) is 0 Å². The minimum atomic E-state index is 0.224. The zero-order chi connectivity index (χ0) is 14.4. The van der Waals surface area contributed by atoms with E-state index in [0.717, 1.165) is 24.5 Å². The van der Waals surface area contributed by atoms with E-state index in [2.05, 4.69) is 39.8 Å². The Hall–Kier alpha value is -2.14. The van der Waals surface area contributed by atoms with Crippen molar-refractivity contribution in [2.75, 3.05) is 10.7 Å². The molecule has 0 saturated heterocycles. The van der Waals surface area contributed by atoms with Crippen molar-refractivity contribution >= 4 is 11.6 Å². The van der Waals surface area contributed by atoms with Crippen LogP contribution in [0.3, 0.4) is 0 Å². The Morgan fingerprint density at radius 2 is 1.80 bits per heavy atom. The Balaban J connectivity index is 2.23. The standard InChI is InChI=1S/C15H21N5/c1-3-12(11-8-6-5-7-9-11)17-14-10-15(20-16)19-13(4-2)18-14/h5-10,12H,3-4,16H2,1-2H3,(H2,17,18,19,20). The molecule has 1 heterocycles. The number of nitrogens with one attached hydrogen (secondary N) is 2. The van der Waals surface area contributed by atoms with E-state index in [1.807, 2.05) is 31.2 Å². The lowest BCUT2D eigenvalue weighted by atomic mass is 10.0. The van der Waals surface area contributed by atoms with Crippen LogP contribution < -0.4 is 16.6 Å². The maximum atomic E-state index is 5.45. The van der Waals surface area contributed by atoms with Gasteiger partial charge >= 0.3 is 0 Å². The largest absolute Gasteiger partial charge is 0.363 e. The van der Waals surface area contributed by atoms with Crippen LogP contribution in [0.25, 0.3) is 0 Å². The average molecular weight is 271 g/mol. The molecule has 1 aromatic heterocycles. The molecule has 20 heavy (non-hydrogen) atoms. The lowest BCUT2D eigenvalue weighted by Gasteiger charge is -2.18. The third kappa shape index (κ3) is 3.45. The topological polar surface area (TPSA) is 75.9 Å². The first-order chi connectivity index (χ1) is 9.76. The summed E-state index contributed by atoms with van der Waals surface area (Å²) in [4.78, 5) is 8.78. The number of nitrogens with zero attached hydrogens (tertiary/aromatic N) is 2. The number of hydrogen-bond acceptors (Lipinski definition) is 5. The molecule has 5 heteroatoms. The van der Waals surface area contributed by atoms with Gasteiger partial charge in [0.2, 0.25) is 0 Å². The highest BCUT2D eigenvalue weighted by Gasteiger charge is 2.10. The van der Waals surface area contributed by atoms with E-state index >= 15 is 0 Å². The predicted molar refractivity (Wildman–Crippen MR) is 82.3 cm³/mol. The fourth-order valence-electron chi connectivity index (χ4n) is 2.09. The summed E-state index contributed by atoms with van der Waals surface area (Å²) in [6, 6.07) is 12.4. The predicted octanol–water partition coefficient (Wildman–Crippen LogP) is 2.89. The number of aromatic nitrogens is 2. The second-order valence-corrected chi connectivity index (χ2v) is 4.57.